The molecule has 3 aliphatic carbocycles. The zero-order chi connectivity index (χ0) is 64.6. The Morgan fingerprint density at radius 2 is 0.679 bits per heavy atom. The first kappa shape index (κ1) is 97.0. The van der Waals surface area contributed by atoms with Crippen LogP contribution >= 0.6 is 0 Å². The fraction of sp³-hybridized carbons (Fsp3) is 1.00. The third-order valence-electron chi connectivity index (χ3n) is 16.1. The van der Waals surface area contributed by atoms with E-state index < -0.39 is 0 Å². The molecule has 8 fully saturated rings. The summed E-state index contributed by atoms with van der Waals surface area (Å²) in [6, 6.07) is 2.30. The average molecular weight is 1160 g/mol. The average Bonchev–Trinajstić information content (AvgIpc) is 3.91. The lowest BCUT2D eigenvalue weighted by Crippen LogP contribution is -2.46. The summed E-state index contributed by atoms with van der Waals surface area (Å²) in [5, 5.41) is 10.3. The molecule has 8 rings (SSSR count). The quantitative estimate of drug-likeness (QED) is 0.225. The number of ether oxygens (including phenoxy) is 1. The molecule has 5 saturated heterocycles. The summed E-state index contributed by atoms with van der Waals surface area (Å²) < 4.78 is 5.41. The van der Waals surface area contributed by atoms with Gasteiger partial charge in [-0.15, -0.1) is 0 Å². The van der Waals surface area contributed by atoms with Crippen LogP contribution in [-0.4, -0.2) is 99.5 Å². The van der Waals surface area contributed by atoms with Gasteiger partial charge in [0.25, 0.3) is 0 Å². The number of hydrogen-bond acceptors (Lipinski definition) is 6. The van der Waals surface area contributed by atoms with Crippen LogP contribution in [0.1, 0.15) is 344 Å². The fourth-order valence-electron chi connectivity index (χ4n) is 10.2. The molecule has 3 saturated carbocycles. The van der Waals surface area contributed by atoms with E-state index in [-0.39, 0.29) is 0 Å². The lowest BCUT2D eigenvalue weighted by Gasteiger charge is -2.30. The minimum atomic E-state index is 0.565. The summed E-state index contributed by atoms with van der Waals surface area (Å²) in [6.45, 7) is 80.8. The molecule has 5 aliphatic heterocycles. The van der Waals surface area contributed by atoms with E-state index in [4.69, 9.17) is 4.74 Å². The lowest BCUT2D eigenvalue weighted by atomic mass is 9.78. The first-order valence-electron chi connectivity index (χ1n) is 37.2. The zero-order valence-corrected chi connectivity index (χ0v) is 63.4. The molecule has 8 aliphatic rings. The Bertz CT molecular complexity index is 894. The number of likely N-dealkylation sites (tertiary alicyclic amines) is 1. The van der Waals surface area contributed by atoms with Crippen molar-refractivity contribution in [1.29, 1.82) is 0 Å². The van der Waals surface area contributed by atoms with Gasteiger partial charge in [0.15, 0.2) is 0 Å². The molecule has 0 spiro atoms. The minimum absolute atomic E-state index is 0.565. The van der Waals surface area contributed by atoms with E-state index in [1.165, 1.54) is 168 Å². The van der Waals surface area contributed by atoms with Crippen molar-refractivity contribution in [1.82, 2.24) is 25.8 Å². The monoisotopic (exact) mass is 1160 g/mol. The predicted molar refractivity (Wildman–Crippen MR) is 382 cm³/mol. The van der Waals surface area contributed by atoms with Gasteiger partial charge in [-0.3, -0.25) is 4.90 Å². The summed E-state index contributed by atoms with van der Waals surface area (Å²) in [5.41, 5.74) is 0. The van der Waals surface area contributed by atoms with Gasteiger partial charge in [-0.2, -0.15) is 0 Å². The van der Waals surface area contributed by atoms with Crippen LogP contribution in [0.25, 0.3) is 0 Å². The van der Waals surface area contributed by atoms with E-state index in [0.29, 0.717) is 6.10 Å². The van der Waals surface area contributed by atoms with Gasteiger partial charge in [0.05, 0.1) is 6.10 Å². The van der Waals surface area contributed by atoms with Gasteiger partial charge in [-0.1, -0.05) is 252 Å². The summed E-state index contributed by atoms with van der Waals surface area (Å²) in [5.74, 6) is 9.47. The summed E-state index contributed by atoms with van der Waals surface area (Å²) >= 11 is 0. The second-order valence-electron chi connectivity index (χ2n) is 24.3. The maximum Gasteiger partial charge on any atom is 0.0598 e. The van der Waals surface area contributed by atoms with Gasteiger partial charge >= 0.3 is 0 Å². The van der Waals surface area contributed by atoms with Gasteiger partial charge in [0, 0.05) is 50.9 Å². The molecule has 3 N–H and O–H groups in total. The lowest BCUT2D eigenvalue weighted by molar-refractivity contribution is 0.0758. The van der Waals surface area contributed by atoms with E-state index in [2.05, 4.69) is 137 Å². The van der Waals surface area contributed by atoms with Crippen LogP contribution in [0.2, 0.25) is 0 Å². The molecular weight excluding hydrogens is 987 g/mol. The highest BCUT2D eigenvalue weighted by Gasteiger charge is 2.24. The second-order valence-corrected chi connectivity index (χ2v) is 24.3. The Balaban J connectivity index is -0.000000121. The summed E-state index contributed by atoms with van der Waals surface area (Å²) in [7, 11) is 0. The van der Waals surface area contributed by atoms with Crippen molar-refractivity contribution in [3.8, 4) is 0 Å². The zero-order valence-electron chi connectivity index (χ0n) is 63.4. The van der Waals surface area contributed by atoms with E-state index in [0.717, 1.165) is 97.0 Å². The second kappa shape index (κ2) is 75.9. The number of nitrogens with zero attached hydrogens (tertiary/aromatic N) is 2. The van der Waals surface area contributed by atoms with Gasteiger partial charge < -0.3 is 25.6 Å². The van der Waals surface area contributed by atoms with Crippen molar-refractivity contribution in [2.75, 3.05) is 65.5 Å². The first-order valence-corrected chi connectivity index (χ1v) is 37.2. The Morgan fingerprint density at radius 3 is 0.877 bits per heavy atom. The maximum absolute atomic E-state index is 5.41. The molecule has 6 heteroatoms. The Hall–Kier alpha value is -0.240. The van der Waals surface area contributed by atoms with Crippen LogP contribution in [0.3, 0.4) is 0 Å². The molecule has 0 radical (unpaired) electrons. The number of rotatable bonds is 8. The molecule has 6 nitrogen and oxygen atoms in total. The number of nitrogens with one attached hydrogen (secondary N) is 3. The van der Waals surface area contributed by atoms with Crippen LogP contribution in [0.15, 0.2) is 0 Å². The number of piperazine rings is 1. The Labute approximate surface area is 520 Å². The van der Waals surface area contributed by atoms with Gasteiger partial charge in [0.2, 0.25) is 0 Å². The van der Waals surface area contributed by atoms with Crippen LogP contribution in [0.5, 0.6) is 0 Å². The highest BCUT2D eigenvalue weighted by Crippen LogP contribution is 2.36. The topological polar surface area (TPSA) is 51.8 Å². The van der Waals surface area contributed by atoms with Crippen molar-refractivity contribution >= 4 is 0 Å². The van der Waals surface area contributed by atoms with E-state index in [1.807, 2.05) is 111 Å². The molecule has 0 amide bonds. The molecule has 0 aromatic rings. The molecule has 3 unspecified atom stereocenters. The number of piperidine rings is 3. The highest BCUT2D eigenvalue weighted by atomic mass is 16.5. The van der Waals surface area contributed by atoms with Crippen molar-refractivity contribution in [2.24, 2.45) is 59.2 Å². The van der Waals surface area contributed by atoms with Gasteiger partial charge in [0.1, 0.15) is 0 Å². The smallest absolute Gasteiger partial charge is 0.0598 e. The normalized spacial score (nSPS) is 21.0. The predicted octanol–water partition coefficient (Wildman–Crippen LogP) is 23.0. The van der Waals surface area contributed by atoms with Gasteiger partial charge in [-0.05, 0) is 184 Å². The summed E-state index contributed by atoms with van der Waals surface area (Å²) in [6.07, 6.45) is 27.8. The van der Waals surface area contributed by atoms with Crippen molar-refractivity contribution in [3.05, 3.63) is 0 Å². The van der Waals surface area contributed by atoms with Crippen LogP contribution in [0, 0.1) is 59.2 Å². The standard InChI is InChI=1S/3C8H17N.C8H16.C7H16N2.C7H14O.C7H14.C6H12.8C2H6/c1-7(2)8-4-3-5-9-6-8;1-8(2)9-6-4-3-5-7-9;1-7(2)8-5-3-4-6-9-8;1-7(2)8-5-3-4-6-8;1-7(2)9-5-3-8-4-6-9;1-6(2)7-4-3-5-8-7;1-6(2)7-4-3-5-7;1-5(2)6-3-4-6;8*1-2/h7-9H,3-6H2,1-2H3;8H,3-7H2,1-2H3;7-9H,3-6H2,1-2H3;7-8H,3-6H2,1-2H3;7-8H,3-6H2,1-2H3;6-7H,3-5H2,1-2H3;6-7H,3-5H2,1-2H3;5-6H,3-4H2,1-2H3;8*1-2H3. The van der Waals surface area contributed by atoms with Crippen molar-refractivity contribution in [3.63, 3.8) is 0 Å². The van der Waals surface area contributed by atoms with Crippen LogP contribution in [-0.2, 0) is 4.74 Å². The van der Waals surface area contributed by atoms with E-state index in [1.54, 1.807) is 0 Å². The van der Waals surface area contributed by atoms with Gasteiger partial charge in [-0.25, -0.2) is 0 Å². The van der Waals surface area contributed by atoms with Crippen molar-refractivity contribution in [2.45, 2.75) is 368 Å². The van der Waals surface area contributed by atoms with E-state index in [9.17, 15) is 0 Å². The third kappa shape index (κ3) is 64.1. The molecule has 81 heavy (non-hydrogen) atoms. The molecule has 0 bridgehead atoms. The minimum Gasteiger partial charge on any atom is -0.378 e. The third-order valence-corrected chi connectivity index (χ3v) is 16.1. The SMILES string of the molecule is CC.CC.CC.CC.CC.CC.CC.CC.CC(C)C1CC1.CC(C)C1CCC1.CC(C)C1CCCC1.CC(C)C1CCCCN1.CC(C)C1CCCNC1.CC(C)C1CCCO1.CC(C)N1CCCCC1.CC(C)N1CCNCC1. The first-order chi connectivity index (χ1) is 38.9. The van der Waals surface area contributed by atoms with E-state index >= 15 is 0 Å². The summed E-state index contributed by atoms with van der Waals surface area (Å²) in [4.78, 5) is 5.06. The molecule has 0 aromatic carbocycles. The van der Waals surface area contributed by atoms with Crippen LogP contribution < -0.4 is 16.0 Å². The largest absolute Gasteiger partial charge is 0.378 e. The Kier molecular flexibility index (Phi) is 90.9. The number of hydrogen-bond donors (Lipinski definition) is 3. The highest BCUT2D eigenvalue weighted by molar-refractivity contribution is 4.77. The molecule has 0 aromatic heterocycles. The molecule has 5 heterocycles. The molecule has 3 atom stereocenters. The molecular formula is C75H171N5O. The van der Waals surface area contributed by atoms with Crippen molar-refractivity contribution < 1.29 is 4.74 Å². The fourth-order valence-corrected chi connectivity index (χ4v) is 10.2. The van der Waals surface area contributed by atoms with Crippen LogP contribution in [0.4, 0.5) is 0 Å². The molecule has 502 valence electrons. The Morgan fingerprint density at radius 1 is 0.296 bits per heavy atom. The maximum atomic E-state index is 5.41.